The van der Waals surface area contributed by atoms with E-state index in [1.165, 1.54) is 11.8 Å². The fraction of sp³-hybridized carbons (Fsp3) is 0.211. The second-order valence-electron chi connectivity index (χ2n) is 5.64. The first kappa shape index (κ1) is 18.5. The molecule has 3 aromatic rings. The SMILES string of the molecule is CCn1c(SCC(=O)N(C)c2ccccc2)nnc1-c1cccc(Cl)c1. The van der Waals surface area contributed by atoms with Crippen LogP contribution in [0.15, 0.2) is 59.8 Å². The van der Waals surface area contributed by atoms with E-state index in [-0.39, 0.29) is 5.91 Å². The van der Waals surface area contributed by atoms with Crippen LogP contribution in [0.5, 0.6) is 0 Å². The fourth-order valence-corrected chi connectivity index (χ4v) is 3.65. The van der Waals surface area contributed by atoms with E-state index in [0.29, 0.717) is 17.3 Å². The van der Waals surface area contributed by atoms with Gasteiger partial charge in [0.1, 0.15) is 0 Å². The van der Waals surface area contributed by atoms with E-state index in [2.05, 4.69) is 10.2 Å². The lowest BCUT2D eigenvalue weighted by atomic mass is 10.2. The third-order valence-electron chi connectivity index (χ3n) is 3.96. The molecule has 0 N–H and O–H groups in total. The number of thioether (sulfide) groups is 1. The van der Waals surface area contributed by atoms with Crippen LogP contribution in [0.4, 0.5) is 5.69 Å². The Morgan fingerprint density at radius 1 is 1.15 bits per heavy atom. The van der Waals surface area contributed by atoms with Crippen LogP contribution in [-0.2, 0) is 11.3 Å². The van der Waals surface area contributed by atoms with E-state index < -0.39 is 0 Å². The van der Waals surface area contributed by atoms with Gasteiger partial charge in [-0.05, 0) is 31.2 Å². The monoisotopic (exact) mass is 386 g/mol. The zero-order valence-electron chi connectivity index (χ0n) is 14.6. The summed E-state index contributed by atoms with van der Waals surface area (Å²) in [6, 6.07) is 17.1. The smallest absolute Gasteiger partial charge is 0.237 e. The molecule has 0 atom stereocenters. The third-order valence-corrected chi connectivity index (χ3v) is 5.14. The molecule has 2 aromatic carbocycles. The van der Waals surface area contributed by atoms with Crippen molar-refractivity contribution in [2.24, 2.45) is 0 Å². The highest BCUT2D eigenvalue weighted by Gasteiger charge is 2.17. The number of benzene rings is 2. The van der Waals surface area contributed by atoms with Crippen LogP contribution in [0.2, 0.25) is 5.02 Å². The number of carbonyl (C=O) groups is 1. The summed E-state index contributed by atoms with van der Waals surface area (Å²) < 4.78 is 1.99. The molecule has 1 amide bonds. The van der Waals surface area contributed by atoms with Crippen molar-refractivity contribution in [3.8, 4) is 11.4 Å². The van der Waals surface area contributed by atoms with Crippen LogP contribution in [0.1, 0.15) is 6.92 Å². The maximum atomic E-state index is 12.5. The van der Waals surface area contributed by atoms with Crippen LogP contribution in [0.25, 0.3) is 11.4 Å². The lowest BCUT2D eigenvalue weighted by molar-refractivity contribution is -0.115. The average molecular weight is 387 g/mol. The van der Waals surface area contributed by atoms with Crippen LogP contribution in [0, 0.1) is 0 Å². The predicted octanol–water partition coefficient (Wildman–Crippen LogP) is 4.37. The van der Waals surface area contributed by atoms with Gasteiger partial charge in [0.2, 0.25) is 5.91 Å². The van der Waals surface area contributed by atoms with Gasteiger partial charge in [-0.25, -0.2) is 0 Å². The molecule has 1 heterocycles. The lowest BCUT2D eigenvalue weighted by Crippen LogP contribution is -2.27. The molecule has 0 aliphatic carbocycles. The van der Waals surface area contributed by atoms with Gasteiger partial charge in [0.05, 0.1) is 5.75 Å². The quantitative estimate of drug-likeness (QED) is 0.590. The van der Waals surface area contributed by atoms with Gasteiger partial charge >= 0.3 is 0 Å². The zero-order valence-corrected chi connectivity index (χ0v) is 16.2. The van der Waals surface area contributed by atoms with Gasteiger partial charge in [-0.2, -0.15) is 0 Å². The highest BCUT2D eigenvalue weighted by atomic mass is 35.5. The molecule has 0 radical (unpaired) electrons. The number of carbonyl (C=O) groups excluding carboxylic acids is 1. The summed E-state index contributed by atoms with van der Waals surface area (Å²) >= 11 is 7.47. The molecule has 0 unspecified atom stereocenters. The van der Waals surface area contributed by atoms with Gasteiger partial charge in [0, 0.05) is 29.9 Å². The maximum Gasteiger partial charge on any atom is 0.237 e. The second-order valence-corrected chi connectivity index (χ2v) is 7.02. The van der Waals surface area contributed by atoms with Gasteiger partial charge in [-0.1, -0.05) is 53.7 Å². The van der Waals surface area contributed by atoms with Crippen molar-refractivity contribution in [3.05, 3.63) is 59.6 Å². The van der Waals surface area contributed by atoms with Crippen molar-refractivity contribution < 1.29 is 4.79 Å². The van der Waals surface area contributed by atoms with E-state index in [4.69, 9.17) is 11.6 Å². The van der Waals surface area contributed by atoms with Gasteiger partial charge in [0.25, 0.3) is 0 Å². The molecule has 0 saturated carbocycles. The molecular weight excluding hydrogens is 368 g/mol. The molecule has 0 fully saturated rings. The van der Waals surface area contributed by atoms with Gasteiger partial charge in [0.15, 0.2) is 11.0 Å². The van der Waals surface area contributed by atoms with Crippen molar-refractivity contribution in [1.29, 1.82) is 0 Å². The minimum absolute atomic E-state index is 0.0103. The first-order chi connectivity index (χ1) is 12.6. The largest absolute Gasteiger partial charge is 0.315 e. The molecule has 26 heavy (non-hydrogen) atoms. The summed E-state index contributed by atoms with van der Waals surface area (Å²) in [5, 5.41) is 9.92. The second kappa shape index (κ2) is 8.38. The molecule has 0 aliphatic rings. The summed E-state index contributed by atoms with van der Waals surface area (Å²) in [6.45, 7) is 2.74. The third kappa shape index (κ3) is 4.08. The number of para-hydroxylation sites is 1. The first-order valence-electron chi connectivity index (χ1n) is 8.23. The van der Waals surface area contributed by atoms with E-state index in [0.717, 1.165) is 22.2 Å². The molecule has 0 bridgehead atoms. The Morgan fingerprint density at radius 2 is 1.92 bits per heavy atom. The minimum Gasteiger partial charge on any atom is -0.315 e. The number of hydrogen-bond acceptors (Lipinski definition) is 4. The number of amides is 1. The number of anilines is 1. The van der Waals surface area contributed by atoms with Gasteiger partial charge in [-0.3, -0.25) is 4.79 Å². The van der Waals surface area contributed by atoms with E-state index in [9.17, 15) is 4.79 Å². The van der Waals surface area contributed by atoms with Crippen LogP contribution in [-0.4, -0.2) is 33.5 Å². The molecule has 0 saturated heterocycles. The van der Waals surface area contributed by atoms with Crippen molar-refractivity contribution in [1.82, 2.24) is 14.8 Å². The van der Waals surface area contributed by atoms with E-state index >= 15 is 0 Å². The highest BCUT2D eigenvalue weighted by Crippen LogP contribution is 2.26. The zero-order chi connectivity index (χ0) is 18.5. The van der Waals surface area contributed by atoms with E-state index in [1.807, 2.05) is 66.1 Å². The molecule has 3 rings (SSSR count). The Balaban J connectivity index is 1.73. The molecule has 0 aliphatic heterocycles. The predicted molar refractivity (Wildman–Crippen MR) is 107 cm³/mol. The summed E-state index contributed by atoms with van der Waals surface area (Å²) in [5.41, 5.74) is 1.78. The Hall–Kier alpha value is -2.31. The molecule has 5 nitrogen and oxygen atoms in total. The lowest BCUT2D eigenvalue weighted by Gasteiger charge is -2.16. The fourth-order valence-electron chi connectivity index (χ4n) is 2.54. The van der Waals surface area contributed by atoms with Crippen molar-refractivity contribution in [2.75, 3.05) is 17.7 Å². The molecule has 134 valence electrons. The Kier molecular flexibility index (Phi) is 5.96. The van der Waals surface area contributed by atoms with Gasteiger partial charge in [-0.15, -0.1) is 10.2 Å². The van der Waals surface area contributed by atoms with Crippen LogP contribution < -0.4 is 4.90 Å². The van der Waals surface area contributed by atoms with Crippen LogP contribution in [0.3, 0.4) is 0 Å². The Labute approximate surface area is 162 Å². The molecule has 7 heteroatoms. The topological polar surface area (TPSA) is 51.0 Å². The normalized spacial score (nSPS) is 10.7. The highest BCUT2D eigenvalue weighted by molar-refractivity contribution is 7.99. The average Bonchev–Trinajstić information content (AvgIpc) is 3.09. The number of nitrogens with zero attached hydrogens (tertiary/aromatic N) is 4. The summed E-state index contributed by atoms with van der Waals surface area (Å²) in [4.78, 5) is 14.1. The first-order valence-corrected chi connectivity index (χ1v) is 9.60. The maximum absolute atomic E-state index is 12.5. The Morgan fingerprint density at radius 3 is 2.62 bits per heavy atom. The summed E-state index contributed by atoms with van der Waals surface area (Å²) in [7, 11) is 1.78. The van der Waals surface area contributed by atoms with Gasteiger partial charge < -0.3 is 9.47 Å². The molecule has 0 spiro atoms. The number of hydrogen-bond donors (Lipinski definition) is 0. The van der Waals surface area contributed by atoms with Crippen LogP contribution >= 0.6 is 23.4 Å². The number of rotatable bonds is 6. The number of halogens is 1. The summed E-state index contributed by atoms with van der Waals surface area (Å²) in [5.74, 6) is 1.05. The van der Waals surface area contributed by atoms with Crippen molar-refractivity contribution in [2.45, 2.75) is 18.6 Å². The van der Waals surface area contributed by atoms with Crippen molar-refractivity contribution in [3.63, 3.8) is 0 Å². The summed E-state index contributed by atoms with van der Waals surface area (Å²) in [6.07, 6.45) is 0. The Bertz CT molecular complexity index is 898. The standard InChI is InChI=1S/C19H19ClN4OS/c1-3-24-18(14-8-7-9-15(20)12-14)21-22-19(24)26-13-17(25)23(2)16-10-5-4-6-11-16/h4-12H,3,13H2,1-2H3. The number of aromatic nitrogens is 3. The molecule has 1 aromatic heterocycles. The van der Waals surface area contributed by atoms with Crippen molar-refractivity contribution >= 4 is 35.0 Å². The molecular formula is C19H19ClN4OS. The minimum atomic E-state index is 0.0103. The van der Waals surface area contributed by atoms with E-state index in [1.54, 1.807) is 11.9 Å².